The molecular weight excluding hydrogens is 195 g/mol. The fourth-order valence-electron chi connectivity index (χ4n) is 1.13. The van der Waals surface area contributed by atoms with Crippen LogP contribution in [0.3, 0.4) is 0 Å². The molecule has 0 saturated carbocycles. The van der Waals surface area contributed by atoms with E-state index < -0.39 is 17.8 Å². The SMILES string of the molecule is Cc1cccc(C(=O)NC(C)C#N)c1F. The van der Waals surface area contributed by atoms with Gasteiger partial charge in [-0.15, -0.1) is 0 Å². The Hall–Kier alpha value is -1.89. The Kier molecular flexibility index (Phi) is 3.40. The fraction of sp³-hybridized carbons (Fsp3) is 0.273. The van der Waals surface area contributed by atoms with Crippen molar-refractivity contribution in [2.45, 2.75) is 19.9 Å². The number of carbonyl (C=O) groups is 1. The predicted molar refractivity (Wildman–Crippen MR) is 53.7 cm³/mol. The summed E-state index contributed by atoms with van der Waals surface area (Å²) >= 11 is 0. The molecule has 0 aliphatic heterocycles. The molecule has 15 heavy (non-hydrogen) atoms. The average molecular weight is 206 g/mol. The van der Waals surface area contributed by atoms with E-state index in [0.29, 0.717) is 5.56 Å². The van der Waals surface area contributed by atoms with E-state index in [4.69, 9.17) is 5.26 Å². The third-order valence-corrected chi connectivity index (χ3v) is 1.98. The Labute approximate surface area is 87.5 Å². The zero-order valence-electron chi connectivity index (χ0n) is 8.54. The Balaban J connectivity index is 2.93. The van der Waals surface area contributed by atoms with Crippen LogP contribution >= 0.6 is 0 Å². The van der Waals surface area contributed by atoms with E-state index in [9.17, 15) is 9.18 Å². The smallest absolute Gasteiger partial charge is 0.255 e. The van der Waals surface area contributed by atoms with Crippen molar-refractivity contribution in [3.8, 4) is 6.07 Å². The van der Waals surface area contributed by atoms with Crippen LogP contribution in [-0.4, -0.2) is 11.9 Å². The number of amides is 1. The van der Waals surface area contributed by atoms with Gasteiger partial charge in [0.1, 0.15) is 11.9 Å². The third kappa shape index (κ3) is 2.53. The molecule has 1 amide bonds. The first-order valence-corrected chi connectivity index (χ1v) is 4.52. The summed E-state index contributed by atoms with van der Waals surface area (Å²) in [4.78, 5) is 11.5. The van der Waals surface area contributed by atoms with Crippen LogP contribution in [0.2, 0.25) is 0 Å². The first-order valence-electron chi connectivity index (χ1n) is 4.52. The summed E-state index contributed by atoms with van der Waals surface area (Å²) in [5.74, 6) is -1.11. The second-order valence-electron chi connectivity index (χ2n) is 3.26. The molecule has 0 radical (unpaired) electrons. The van der Waals surface area contributed by atoms with Gasteiger partial charge in [-0.25, -0.2) is 4.39 Å². The molecule has 0 saturated heterocycles. The van der Waals surface area contributed by atoms with Crippen LogP contribution in [0.15, 0.2) is 18.2 Å². The summed E-state index contributed by atoms with van der Waals surface area (Å²) in [5, 5.41) is 10.9. The molecule has 4 heteroatoms. The first kappa shape index (κ1) is 11.2. The lowest BCUT2D eigenvalue weighted by atomic mass is 10.1. The lowest BCUT2D eigenvalue weighted by molar-refractivity contribution is 0.0943. The minimum Gasteiger partial charge on any atom is -0.336 e. The highest BCUT2D eigenvalue weighted by molar-refractivity contribution is 5.95. The van der Waals surface area contributed by atoms with E-state index in [1.165, 1.54) is 13.0 Å². The second kappa shape index (κ2) is 4.56. The van der Waals surface area contributed by atoms with Crippen molar-refractivity contribution < 1.29 is 9.18 Å². The van der Waals surface area contributed by atoms with Crippen LogP contribution in [-0.2, 0) is 0 Å². The third-order valence-electron chi connectivity index (χ3n) is 1.98. The molecule has 0 aromatic heterocycles. The number of nitrogens with zero attached hydrogens (tertiary/aromatic N) is 1. The molecular formula is C11H11FN2O. The Morgan fingerprint density at radius 1 is 1.60 bits per heavy atom. The molecule has 1 unspecified atom stereocenters. The van der Waals surface area contributed by atoms with Gasteiger partial charge in [0.25, 0.3) is 5.91 Å². The number of carbonyl (C=O) groups excluding carboxylic acids is 1. The molecule has 0 aliphatic carbocycles. The molecule has 1 aromatic rings. The van der Waals surface area contributed by atoms with Gasteiger partial charge in [0.2, 0.25) is 0 Å². The molecule has 1 rings (SSSR count). The minimum absolute atomic E-state index is 0.0305. The minimum atomic E-state index is -0.627. The van der Waals surface area contributed by atoms with Crippen molar-refractivity contribution in [3.05, 3.63) is 35.1 Å². The summed E-state index contributed by atoms with van der Waals surface area (Å²) in [6.45, 7) is 3.12. The normalized spacial score (nSPS) is 11.6. The summed E-state index contributed by atoms with van der Waals surface area (Å²) in [7, 11) is 0. The lowest BCUT2D eigenvalue weighted by Crippen LogP contribution is -2.32. The molecule has 0 heterocycles. The molecule has 3 nitrogen and oxygen atoms in total. The average Bonchev–Trinajstić information content (AvgIpc) is 2.21. The van der Waals surface area contributed by atoms with Gasteiger partial charge in [-0.2, -0.15) is 5.26 Å². The van der Waals surface area contributed by atoms with Crippen LogP contribution in [0.25, 0.3) is 0 Å². The van der Waals surface area contributed by atoms with Gasteiger partial charge in [-0.05, 0) is 25.5 Å². The standard InChI is InChI=1S/C11H11FN2O/c1-7-4-3-5-9(10(7)12)11(15)14-8(2)6-13/h3-5,8H,1-2H3,(H,14,15). The van der Waals surface area contributed by atoms with Gasteiger partial charge < -0.3 is 5.32 Å². The molecule has 0 spiro atoms. The first-order chi connectivity index (χ1) is 7.06. The molecule has 1 N–H and O–H groups in total. The molecule has 0 fully saturated rings. The Morgan fingerprint density at radius 2 is 2.27 bits per heavy atom. The number of rotatable bonds is 2. The summed E-state index contributed by atoms with van der Waals surface area (Å²) in [6.07, 6.45) is 0. The topological polar surface area (TPSA) is 52.9 Å². The van der Waals surface area contributed by atoms with Crippen molar-refractivity contribution in [2.24, 2.45) is 0 Å². The van der Waals surface area contributed by atoms with Crippen molar-refractivity contribution in [3.63, 3.8) is 0 Å². The van der Waals surface area contributed by atoms with Crippen molar-refractivity contribution in [1.82, 2.24) is 5.32 Å². The van der Waals surface area contributed by atoms with Crippen molar-refractivity contribution in [2.75, 3.05) is 0 Å². The van der Waals surface area contributed by atoms with E-state index in [1.54, 1.807) is 19.1 Å². The highest BCUT2D eigenvalue weighted by Gasteiger charge is 2.14. The number of nitrogens with one attached hydrogen (secondary N) is 1. The largest absolute Gasteiger partial charge is 0.336 e. The monoisotopic (exact) mass is 206 g/mol. The summed E-state index contributed by atoms with van der Waals surface area (Å²) in [5.41, 5.74) is 0.379. The summed E-state index contributed by atoms with van der Waals surface area (Å²) < 4.78 is 13.5. The van der Waals surface area contributed by atoms with Crippen LogP contribution in [0.1, 0.15) is 22.8 Å². The lowest BCUT2D eigenvalue weighted by Gasteiger charge is -2.08. The second-order valence-corrected chi connectivity index (χ2v) is 3.26. The van der Waals surface area contributed by atoms with Crippen LogP contribution in [0.4, 0.5) is 4.39 Å². The van der Waals surface area contributed by atoms with E-state index in [2.05, 4.69) is 5.32 Å². The molecule has 0 bridgehead atoms. The number of hydrogen-bond acceptors (Lipinski definition) is 2. The quantitative estimate of drug-likeness (QED) is 0.801. The number of benzene rings is 1. The van der Waals surface area contributed by atoms with Crippen LogP contribution < -0.4 is 5.32 Å². The number of halogens is 1. The van der Waals surface area contributed by atoms with E-state index >= 15 is 0 Å². The Morgan fingerprint density at radius 3 is 2.87 bits per heavy atom. The van der Waals surface area contributed by atoms with Gasteiger partial charge in [0.05, 0.1) is 11.6 Å². The van der Waals surface area contributed by atoms with Gasteiger partial charge in [0, 0.05) is 0 Å². The highest BCUT2D eigenvalue weighted by atomic mass is 19.1. The number of hydrogen-bond donors (Lipinski definition) is 1. The van der Waals surface area contributed by atoms with E-state index in [-0.39, 0.29) is 5.56 Å². The number of aryl methyl sites for hydroxylation is 1. The molecule has 0 aliphatic rings. The molecule has 1 aromatic carbocycles. The maximum absolute atomic E-state index is 13.5. The van der Waals surface area contributed by atoms with Gasteiger partial charge >= 0.3 is 0 Å². The van der Waals surface area contributed by atoms with Crippen LogP contribution in [0, 0.1) is 24.1 Å². The van der Waals surface area contributed by atoms with Gasteiger partial charge in [0.15, 0.2) is 0 Å². The maximum Gasteiger partial charge on any atom is 0.255 e. The fourth-order valence-corrected chi connectivity index (χ4v) is 1.13. The zero-order valence-corrected chi connectivity index (χ0v) is 8.54. The number of nitriles is 1. The van der Waals surface area contributed by atoms with Gasteiger partial charge in [-0.3, -0.25) is 4.79 Å². The van der Waals surface area contributed by atoms with E-state index in [0.717, 1.165) is 0 Å². The highest BCUT2D eigenvalue weighted by Crippen LogP contribution is 2.11. The van der Waals surface area contributed by atoms with Crippen molar-refractivity contribution in [1.29, 1.82) is 5.26 Å². The maximum atomic E-state index is 13.5. The predicted octanol–water partition coefficient (Wildman–Crippen LogP) is 1.78. The summed E-state index contributed by atoms with van der Waals surface area (Å²) in [6, 6.07) is 5.79. The molecule has 1 atom stereocenters. The van der Waals surface area contributed by atoms with Crippen molar-refractivity contribution >= 4 is 5.91 Å². The zero-order chi connectivity index (χ0) is 11.4. The van der Waals surface area contributed by atoms with Crippen LogP contribution in [0.5, 0.6) is 0 Å². The molecule has 78 valence electrons. The van der Waals surface area contributed by atoms with E-state index in [1.807, 2.05) is 6.07 Å². The van der Waals surface area contributed by atoms with Gasteiger partial charge in [-0.1, -0.05) is 12.1 Å². The Bertz CT molecular complexity index is 423.